The smallest absolute Gasteiger partial charge is 0.126 e. The summed E-state index contributed by atoms with van der Waals surface area (Å²) in [6, 6.07) is 10.3. The van der Waals surface area contributed by atoms with Crippen LogP contribution < -0.4 is 5.32 Å². The third kappa shape index (κ3) is 4.09. The number of halogens is 1. The molecule has 3 nitrogen and oxygen atoms in total. The minimum atomic E-state index is 0.193. The SMILES string of the molecule is CSCC(CCO)Nc1ccc2cc(Br)ccc2n1. The second kappa shape index (κ2) is 7.12. The van der Waals surface area contributed by atoms with Gasteiger partial charge in [0.05, 0.1) is 5.52 Å². The van der Waals surface area contributed by atoms with E-state index in [4.69, 9.17) is 5.11 Å². The van der Waals surface area contributed by atoms with Gasteiger partial charge < -0.3 is 10.4 Å². The van der Waals surface area contributed by atoms with E-state index in [0.717, 1.165) is 33.4 Å². The molecule has 5 heteroatoms. The summed E-state index contributed by atoms with van der Waals surface area (Å²) in [6.07, 6.45) is 2.80. The fourth-order valence-electron chi connectivity index (χ4n) is 1.94. The van der Waals surface area contributed by atoms with Crippen molar-refractivity contribution in [2.45, 2.75) is 12.5 Å². The summed E-state index contributed by atoms with van der Waals surface area (Å²) >= 11 is 5.23. The molecule has 0 aliphatic rings. The molecule has 0 radical (unpaired) electrons. The molecule has 0 bridgehead atoms. The summed E-state index contributed by atoms with van der Waals surface area (Å²) < 4.78 is 1.06. The third-order valence-corrected chi connectivity index (χ3v) is 4.08. The summed E-state index contributed by atoms with van der Waals surface area (Å²) in [6.45, 7) is 0.193. The molecule has 1 atom stereocenters. The predicted molar refractivity (Wildman–Crippen MR) is 86.9 cm³/mol. The lowest BCUT2D eigenvalue weighted by molar-refractivity contribution is 0.282. The van der Waals surface area contributed by atoms with Crippen LogP contribution in [-0.2, 0) is 0 Å². The average Bonchev–Trinajstić information content (AvgIpc) is 2.39. The van der Waals surface area contributed by atoms with E-state index >= 15 is 0 Å². The third-order valence-electron chi connectivity index (χ3n) is 2.85. The quantitative estimate of drug-likeness (QED) is 0.844. The van der Waals surface area contributed by atoms with E-state index in [-0.39, 0.29) is 12.6 Å². The highest BCUT2D eigenvalue weighted by atomic mass is 79.9. The van der Waals surface area contributed by atoms with Crippen molar-refractivity contribution in [3.63, 3.8) is 0 Å². The monoisotopic (exact) mass is 340 g/mol. The first-order chi connectivity index (χ1) is 9.22. The van der Waals surface area contributed by atoms with Crippen molar-refractivity contribution < 1.29 is 5.11 Å². The highest BCUT2D eigenvalue weighted by Crippen LogP contribution is 2.20. The minimum absolute atomic E-state index is 0.193. The lowest BCUT2D eigenvalue weighted by Gasteiger charge is -2.17. The number of rotatable bonds is 6. The molecule has 0 spiro atoms. The Bertz CT molecular complexity index is 544. The first-order valence-corrected chi connectivity index (χ1v) is 8.34. The highest BCUT2D eigenvalue weighted by Gasteiger charge is 2.08. The molecule has 0 aliphatic carbocycles. The molecule has 2 N–H and O–H groups in total. The summed E-state index contributed by atoms with van der Waals surface area (Å²) in [5.74, 6) is 1.82. The van der Waals surface area contributed by atoms with E-state index in [1.807, 2.05) is 18.2 Å². The van der Waals surface area contributed by atoms with Crippen LogP contribution in [0, 0.1) is 0 Å². The van der Waals surface area contributed by atoms with E-state index in [9.17, 15) is 0 Å². The molecule has 19 heavy (non-hydrogen) atoms. The van der Waals surface area contributed by atoms with Crippen LogP contribution >= 0.6 is 27.7 Å². The molecular weight excluding hydrogens is 324 g/mol. The zero-order valence-corrected chi connectivity index (χ0v) is 13.2. The zero-order chi connectivity index (χ0) is 13.7. The van der Waals surface area contributed by atoms with Crippen molar-refractivity contribution >= 4 is 44.4 Å². The molecular formula is C14H17BrN2OS. The highest BCUT2D eigenvalue weighted by molar-refractivity contribution is 9.10. The van der Waals surface area contributed by atoms with Gasteiger partial charge in [-0.1, -0.05) is 15.9 Å². The molecule has 2 aromatic rings. The van der Waals surface area contributed by atoms with Crippen molar-refractivity contribution in [3.8, 4) is 0 Å². The molecule has 0 amide bonds. The van der Waals surface area contributed by atoms with Crippen LogP contribution in [0.2, 0.25) is 0 Å². The number of aliphatic hydroxyl groups is 1. The van der Waals surface area contributed by atoms with E-state index in [2.05, 4.69) is 44.6 Å². The molecule has 0 saturated carbocycles. The molecule has 2 rings (SSSR count). The maximum atomic E-state index is 9.07. The fourth-order valence-corrected chi connectivity index (χ4v) is 2.97. The van der Waals surface area contributed by atoms with Gasteiger partial charge in [-0.05, 0) is 43.0 Å². The van der Waals surface area contributed by atoms with Gasteiger partial charge in [-0.15, -0.1) is 0 Å². The van der Waals surface area contributed by atoms with Crippen molar-refractivity contribution in [1.29, 1.82) is 0 Å². The van der Waals surface area contributed by atoms with Crippen LogP contribution in [0.15, 0.2) is 34.8 Å². The molecule has 0 aliphatic heterocycles. The minimum Gasteiger partial charge on any atom is -0.396 e. The lowest BCUT2D eigenvalue weighted by atomic mass is 10.2. The van der Waals surface area contributed by atoms with Crippen molar-refractivity contribution in [1.82, 2.24) is 4.98 Å². The van der Waals surface area contributed by atoms with Gasteiger partial charge in [-0.25, -0.2) is 4.98 Å². The fraction of sp³-hybridized carbons (Fsp3) is 0.357. The number of aromatic nitrogens is 1. The topological polar surface area (TPSA) is 45.1 Å². The van der Waals surface area contributed by atoms with Gasteiger partial charge in [0, 0.05) is 28.3 Å². The van der Waals surface area contributed by atoms with E-state index in [1.54, 1.807) is 11.8 Å². The molecule has 1 aromatic carbocycles. The number of thioether (sulfide) groups is 1. The Labute approximate surface area is 125 Å². The van der Waals surface area contributed by atoms with E-state index in [0.29, 0.717) is 0 Å². The Balaban J connectivity index is 2.18. The van der Waals surface area contributed by atoms with E-state index in [1.165, 1.54) is 0 Å². The summed E-state index contributed by atoms with van der Waals surface area (Å²) in [7, 11) is 0. The summed E-state index contributed by atoms with van der Waals surface area (Å²) in [4.78, 5) is 4.60. The molecule has 0 fully saturated rings. The second-order valence-corrected chi connectivity index (χ2v) is 6.17. The van der Waals surface area contributed by atoms with Crippen molar-refractivity contribution in [2.24, 2.45) is 0 Å². The standard InChI is InChI=1S/C14H17BrN2OS/c1-19-9-12(6-7-18)16-14-5-2-10-8-11(15)3-4-13(10)17-14/h2-5,8,12,18H,6-7,9H2,1H3,(H,16,17). The molecule has 1 unspecified atom stereocenters. The Kier molecular flexibility index (Phi) is 5.48. The first kappa shape index (κ1) is 14.6. The van der Waals surface area contributed by atoms with E-state index < -0.39 is 0 Å². The van der Waals surface area contributed by atoms with Gasteiger partial charge in [0.2, 0.25) is 0 Å². The zero-order valence-electron chi connectivity index (χ0n) is 10.8. The van der Waals surface area contributed by atoms with Gasteiger partial charge in [-0.2, -0.15) is 11.8 Å². The molecule has 102 valence electrons. The first-order valence-electron chi connectivity index (χ1n) is 6.15. The lowest BCUT2D eigenvalue weighted by Crippen LogP contribution is -2.24. The summed E-state index contributed by atoms with van der Waals surface area (Å²) in [5.41, 5.74) is 0.972. The van der Waals surface area contributed by atoms with Crippen LogP contribution in [0.5, 0.6) is 0 Å². The number of hydrogen-bond acceptors (Lipinski definition) is 4. The van der Waals surface area contributed by atoms with Crippen LogP contribution in [-0.4, -0.2) is 34.7 Å². The Morgan fingerprint density at radius 1 is 1.37 bits per heavy atom. The van der Waals surface area contributed by atoms with Crippen LogP contribution in [0.3, 0.4) is 0 Å². The number of nitrogens with zero attached hydrogens (tertiary/aromatic N) is 1. The molecule has 1 heterocycles. The van der Waals surface area contributed by atoms with Crippen LogP contribution in [0.4, 0.5) is 5.82 Å². The predicted octanol–water partition coefficient (Wildman–Crippen LogP) is 3.52. The Morgan fingerprint density at radius 3 is 2.95 bits per heavy atom. The summed E-state index contributed by atoms with van der Waals surface area (Å²) in [5, 5.41) is 13.6. The number of nitrogens with one attached hydrogen (secondary N) is 1. The average molecular weight is 341 g/mol. The van der Waals surface area contributed by atoms with Gasteiger partial charge in [0.15, 0.2) is 0 Å². The number of aliphatic hydroxyl groups excluding tert-OH is 1. The Hall–Kier alpha value is -0.780. The van der Waals surface area contributed by atoms with Gasteiger partial charge in [0.25, 0.3) is 0 Å². The van der Waals surface area contributed by atoms with Crippen LogP contribution in [0.25, 0.3) is 10.9 Å². The maximum Gasteiger partial charge on any atom is 0.126 e. The molecule has 1 aromatic heterocycles. The Morgan fingerprint density at radius 2 is 2.21 bits per heavy atom. The van der Waals surface area contributed by atoms with Crippen molar-refractivity contribution in [2.75, 3.05) is 23.9 Å². The second-order valence-electron chi connectivity index (χ2n) is 4.34. The number of pyridine rings is 1. The van der Waals surface area contributed by atoms with Crippen LogP contribution in [0.1, 0.15) is 6.42 Å². The maximum absolute atomic E-state index is 9.07. The normalized spacial score (nSPS) is 12.6. The largest absolute Gasteiger partial charge is 0.396 e. The number of anilines is 1. The van der Waals surface area contributed by atoms with Gasteiger partial charge in [-0.3, -0.25) is 0 Å². The number of benzene rings is 1. The molecule has 0 saturated heterocycles. The van der Waals surface area contributed by atoms with Gasteiger partial charge >= 0.3 is 0 Å². The van der Waals surface area contributed by atoms with Gasteiger partial charge in [0.1, 0.15) is 5.82 Å². The number of hydrogen-bond donors (Lipinski definition) is 2. The number of fused-ring (bicyclic) bond motifs is 1. The van der Waals surface area contributed by atoms with Crippen molar-refractivity contribution in [3.05, 3.63) is 34.8 Å².